The fourth-order valence-corrected chi connectivity index (χ4v) is 2.34. The Hall–Kier alpha value is -1.33. The average Bonchev–Trinajstić information content (AvgIpc) is 2.45. The Balaban J connectivity index is 2.45. The zero-order valence-corrected chi connectivity index (χ0v) is 13.4. The first-order chi connectivity index (χ1) is 9.48. The van der Waals surface area contributed by atoms with E-state index in [2.05, 4.69) is 39.1 Å². The van der Waals surface area contributed by atoms with Crippen LogP contribution in [0.25, 0.3) is 0 Å². The summed E-state index contributed by atoms with van der Waals surface area (Å²) in [6.07, 6.45) is 5.20. The monoisotopic (exact) mass is 272 g/mol. The molecule has 1 N–H and O–H groups in total. The molecule has 0 heterocycles. The van der Waals surface area contributed by atoms with E-state index < -0.39 is 0 Å². The summed E-state index contributed by atoms with van der Waals surface area (Å²) in [5.74, 6) is 0. The highest BCUT2D eigenvalue weighted by Crippen LogP contribution is 2.24. The average molecular weight is 272 g/mol. The molecule has 110 valence electrons. The Morgan fingerprint density at radius 2 is 1.85 bits per heavy atom. The Morgan fingerprint density at radius 1 is 1.20 bits per heavy atom. The molecule has 0 amide bonds. The predicted octanol–water partition coefficient (Wildman–Crippen LogP) is 4.82. The van der Waals surface area contributed by atoms with Gasteiger partial charge in [0, 0.05) is 12.6 Å². The second kappa shape index (κ2) is 8.07. The topological polar surface area (TPSA) is 35.8 Å². The van der Waals surface area contributed by atoms with Gasteiger partial charge in [-0.1, -0.05) is 52.2 Å². The van der Waals surface area contributed by atoms with E-state index in [0.717, 1.165) is 12.1 Å². The van der Waals surface area contributed by atoms with Crippen molar-refractivity contribution >= 4 is 0 Å². The van der Waals surface area contributed by atoms with Crippen LogP contribution in [0.5, 0.6) is 0 Å². The largest absolute Gasteiger partial charge is 0.310 e. The number of unbranched alkanes of at least 4 members (excludes halogenated alkanes) is 2. The molecule has 20 heavy (non-hydrogen) atoms. The summed E-state index contributed by atoms with van der Waals surface area (Å²) in [6, 6.07) is 10.3. The van der Waals surface area contributed by atoms with Gasteiger partial charge in [0.05, 0.1) is 11.6 Å². The van der Waals surface area contributed by atoms with Gasteiger partial charge in [-0.3, -0.25) is 0 Å². The molecule has 0 spiro atoms. The SMILES string of the molecule is CCCCCC(C)(C)CNC(C)c1ccc(C#N)cc1. The standard InChI is InChI=1S/C18H28N2/c1-5-6-7-12-18(3,4)14-20-15(2)17-10-8-16(13-19)9-11-17/h8-11,15,20H,5-7,12,14H2,1-4H3. The lowest BCUT2D eigenvalue weighted by molar-refractivity contribution is 0.291. The molecule has 0 aliphatic rings. The summed E-state index contributed by atoms with van der Waals surface area (Å²) >= 11 is 0. The quantitative estimate of drug-likeness (QED) is 0.689. The molecule has 0 radical (unpaired) electrons. The number of nitriles is 1. The first kappa shape index (κ1) is 16.7. The van der Waals surface area contributed by atoms with E-state index in [1.165, 1.54) is 31.2 Å². The second-order valence-electron chi connectivity index (χ2n) is 6.46. The van der Waals surface area contributed by atoms with E-state index in [4.69, 9.17) is 5.26 Å². The van der Waals surface area contributed by atoms with E-state index in [1.807, 2.05) is 24.3 Å². The van der Waals surface area contributed by atoms with Crippen molar-refractivity contribution in [3.8, 4) is 6.07 Å². The molecule has 0 aliphatic carbocycles. The summed E-state index contributed by atoms with van der Waals surface area (Å²) < 4.78 is 0. The van der Waals surface area contributed by atoms with Crippen LogP contribution in [-0.4, -0.2) is 6.54 Å². The first-order valence-corrected chi connectivity index (χ1v) is 7.72. The molecule has 0 saturated heterocycles. The fraction of sp³-hybridized carbons (Fsp3) is 0.611. The summed E-state index contributed by atoms with van der Waals surface area (Å²) in [4.78, 5) is 0. The molecule has 1 unspecified atom stereocenters. The van der Waals surface area contributed by atoms with Gasteiger partial charge in [0.15, 0.2) is 0 Å². The maximum Gasteiger partial charge on any atom is 0.0991 e. The minimum Gasteiger partial charge on any atom is -0.310 e. The molecule has 1 rings (SSSR count). The highest BCUT2D eigenvalue weighted by molar-refractivity contribution is 5.32. The number of benzene rings is 1. The molecule has 2 heteroatoms. The van der Waals surface area contributed by atoms with Gasteiger partial charge in [-0.05, 0) is 36.5 Å². The van der Waals surface area contributed by atoms with Gasteiger partial charge in [0.1, 0.15) is 0 Å². The van der Waals surface area contributed by atoms with Gasteiger partial charge in [0.2, 0.25) is 0 Å². The van der Waals surface area contributed by atoms with Gasteiger partial charge in [0.25, 0.3) is 0 Å². The van der Waals surface area contributed by atoms with Crippen molar-refractivity contribution in [1.29, 1.82) is 5.26 Å². The van der Waals surface area contributed by atoms with Crippen molar-refractivity contribution in [2.24, 2.45) is 5.41 Å². The van der Waals surface area contributed by atoms with Crippen molar-refractivity contribution in [2.75, 3.05) is 6.54 Å². The molecule has 0 bridgehead atoms. The van der Waals surface area contributed by atoms with Crippen LogP contribution in [0.1, 0.15) is 70.5 Å². The maximum absolute atomic E-state index is 8.81. The van der Waals surface area contributed by atoms with Crippen LogP contribution in [0.4, 0.5) is 0 Å². The summed E-state index contributed by atoms with van der Waals surface area (Å²) in [5.41, 5.74) is 2.31. The molecule has 1 aromatic carbocycles. The van der Waals surface area contributed by atoms with Crippen LogP contribution < -0.4 is 5.32 Å². The minimum absolute atomic E-state index is 0.327. The molecular weight excluding hydrogens is 244 g/mol. The zero-order valence-electron chi connectivity index (χ0n) is 13.4. The molecule has 1 atom stereocenters. The van der Waals surface area contributed by atoms with E-state index in [-0.39, 0.29) is 0 Å². The lowest BCUT2D eigenvalue weighted by atomic mass is 9.86. The molecular formula is C18H28N2. The third kappa shape index (κ3) is 5.75. The first-order valence-electron chi connectivity index (χ1n) is 7.72. The second-order valence-corrected chi connectivity index (χ2v) is 6.46. The van der Waals surface area contributed by atoms with E-state index in [0.29, 0.717) is 11.5 Å². The molecule has 0 aliphatic heterocycles. The third-order valence-corrected chi connectivity index (χ3v) is 3.88. The van der Waals surface area contributed by atoms with Crippen LogP contribution >= 0.6 is 0 Å². The zero-order chi connectivity index (χ0) is 15.0. The summed E-state index contributed by atoms with van der Waals surface area (Å²) in [5, 5.41) is 12.4. The number of nitrogens with zero attached hydrogens (tertiary/aromatic N) is 1. The highest BCUT2D eigenvalue weighted by Gasteiger charge is 2.18. The molecule has 0 fully saturated rings. The smallest absolute Gasteiger partial charge is 0.0991 e. The van der Waals surface area contributed by atoms with Gasteiger partial charge in [-0.25, -0.2) is 0 Å². The number of nitrogens with one attached hydrogen (secondary N) is 1. The van der Waals surface area contributed by atoms with Gasteiger partial charge in [-0.15, -0.1) is 0 Å². The number of hydrogen-bond acceptors (Lipinski definition) is 2. The molecule has 0 saturated carbocycles. The Bertz CT molecular complexity index is 426. The predicted molar refractivity (Wildman–Crippen MR) is 85.5 cm³/mol. The Morgan fingerprint density at radius 3 is 2.40 bits per heavy atom. The van der Waals surface area contributed by atoms with Crippen LogP contribution in [0, 0.1) is 16.7 Å². The Labute approximate surface area is 124 Å². The van der Waals surface area contributed by atoms with Crippen molar-refractivity contribution in [3.63, 3.8) is 0 Å². The number of hydrogen-bond donors (Lipinski definition) is 1. The lowest BCUT2D eigenvalue weighted by Gasteiger charge is -2.27. The van der Waals surface area contributed by atoms with Crippen molar-refractivity contribution < 1.29 is 0 Å². The summed E-state index contributed by atoms with van der Waals surface area (Å²) in [6.45, 7) is 10.1. The van der Waals surface area contributed by atoms with Crippen molar-refractivity contribution in [1.82, 2.24) is 5.32 Å². The fourth-order valence-electron chi connectivity index (χ4n) is 2.34. The van der Waals surface area contributed by atoms with Gasteiger partial charge in [-0.2, -0.15) is 5.26 Å². The van der Waals surface area contributed by atoms with Gasteiger partial charge >= 0.3 is 0 Å². The molecule has 0 aromatic heterocycles. The van der Waals surface area contributed by atoms with Crippen LogP contribution in [0.2, 0.25) is 0 Å². The van der Waals surface area contributed by atoms with E-state index in [9.17, 15) is 0 Å². The van der Waals surface area contributed by atoms with Gasteiger partial charge < -0.3 is 5.32 Å². The van der Waals surface area contributed by atoms with Crippen molar-refractivity contribution in [2.45, 2.75) is 59.4 Å². The lowest BCUT2D eigenvalue weighted by Crippen LogP contribution is -2.31. The van der Waals surface area contributed by atoms with E-state index in [1.54, 1.807) is 0 Å². The molecule has 1 aromatic rings. The minimum atomic E-state index is 0.327. The normalized spacial score (nSPS) is 12.9. The third-order valence-electron chi connectivity index (χ3n) is 3.88. The van der Waals surface area contributed by atoms with Crippen LogP contribution in [0.15, 0.2) is 24.3 Å². The van der Waals surface area contributed by atoms with Crippen LogP contribution in [0.3, 0.4) is 0 Å². The maximum atomic E-state index is 8.81. The van der Waals surface area contributed by atoms with Crippen LogP contribution in [-0.2, 0) is 0 Å². The molecule has 2 nitrogen and oxygen atoms in total. The van der Waals surface area contributed by atoms with E-state index >= 15 is 0 Å². The highest BCUT2D eigenvalue weighted by atomic mass is 14.9. The summed E-state index contributed by atoms with van der Waals surface area (Å²) in [7, 11) is 0. The van der Waals surface area contributed by atoms with Crippen molar-refractivity contribution in [3.05, 3.63) is 35.4 Å². The Kier molecular flexibility index (Phi) is 6.75. The number of rotatable bonds is 8.